The minimum Gasteiger partial charge on any atom is -0.480 e. The molecule has 0 saturated carbocycles. The zero-order valence-corrected chi connectivity index (χ0v) is 9.81. The molecule has 15 heavy (non-hydrogen) atoms. The lowest BCUT2D eigenvalue weighted by atomic mass is 10.1. The van der Waals surface area contributed by atoms with E-state index < -0.39 is 23.5 Å². The molecule has 0 saturated heterocycles. The predicted octanol–water partition coefficient (Wildman–Crippen LogP) is -0.418. The molecule has 0 rings (SSSR count). The number of nitrogens with two attached hydrogens (primary N) is 2. The van der Waals surface area contributed by atoms with Crippen LogP contribution in [0.25, 0.3) is 0 Å². The van der Waals surface area contributed by atoms with E-state index in [1.54, 1.807) is 0 Å². The van der Waals surface area contributed by atoms with E-state index in [0.29, 0.717) is 0 Å². The van der Waals surface area contributed by atoms with Crippen LogP contribution in [0.3, 0.4) is 0 Å². The summed E-state index contributed by atoms with van der Waals surface area (Å²) in [7, 11) is 2.40. The number of aliphatic carboxylic acids is 2. The highest BCUT2D eigenvalue weighted by Gasteiger charge is 2.27. The first-order valence-corrected chi connectivity index (χ1v) is 6.51. The Labute approximate surface area is 95.2 Å². The second-order valence-electron chi connectivity index (χ2n) is 3.21. The minimum absolute atomic E-state index is 0.194. The van der Waals surface area contributed by atoms with E-state index in [2.05, 4.69) is 0 Å². The average Bonchev–Trinajstić information content (AvgIpc) is 2.11. The number of carboxylic acids is 2. The van der Waals surface area contributed by atoms with Crippen molar-refractivity contribution in [3.8, 4) is 0 Å². The molecule has 6 nitrogen and oxygen atoms in total. The van der Waals surface area contributed by atoms with Gasteiger partial charge in [0, 0.05) is 11.5 Å². The topological polar surface area (TPSA) is 127 Å². The summed E-state index contributed by atoms with van der Waals surface area (Å²) in [6, 6.07) is -0.934. The largest absolute Gasteiger partial charge is 0.480 e. The van der Waals surface area contributed by atoms with Gasteiger partial charge in [0.2, 0.25) is 0 Å². The summed E-state index contributed by atoms with van der Waals surface area (Å²) < 4.78 is 0. The summed E-state index contributed by atoms with van der Waals surface area (Å²) >= 11 is 0. The van der Waals surface area contributed by atoms with E-state index in [1.165, 1.54) is 28.5 Å². The Morgan fingerprint density at radius 1 is 1.40 bits per heavy atom. The fourth-order valence-corrected chi connectivity index (χ4v) is 2.97. The van der Waals surface area contributed by atoms with Crippen molar-refractivity contribution in [1.29, 1.82) is 0 Å². The lowest BCUT2D eigenvalue weighted by Gasteiger charge is -2.17. The van der Waals surface area contributed by atoms with Crippen LogP contribution in [-0.4, -0.2) is 45.2 Å². The molecule has 6 N–H and O–H groups in total. The Balaban J connectivity index is 3.72. The van der Waals surface area contributed by atoms with Crippen molar-refractivity contribution in [2.24, 2.45) is 11.5 Å². The first-order valence-electron chi connectivity index (χ1n) is 4.02. The van der Waals surface area contributed by atoms with Crippen LogP contribution in [0, 0.1) is 0 Å². The highest BCUT2D eigenvalue weighted by Crippen LogP contribution is 2.25. The van der Waals surface area contributed by atoms with E-state index in [0.717, 1.165) is 0 Å². The highest BCUT2D eigenvalue weighted by molar-refractivity contribution is 8.76. The van der Waals surface area contributed by atoms with Crippen molar-refractivity contribution >= 4 is 33.5 Å². The SMILES string of the molecule is C[C@](N)(CSSCC(N)C(=O)O)C(=O)O. The first-order chi connectivity index (χ1) is 6.77. The smallest absolute Gasteiger partial charge is 0.324 e. The first kappa shape index (κ1) is 14.6. The highest BCUT2D eigenvalue weighted by atomic mass is 33.1. The molecular formula is C7H14N2O4S2. The molecule has 1 unspecified atom stereocenters. The van der Waals surface area contributed by atoms with Crippen LogP contribution in [0.4, 0.5) is 0 Å². The fourth-order valence-electron chi connectivity index (χ4n) is 0.419. The van der Waals surface area contributed by atoms with Crippen LogP contribution in [0.2, 0.25) is 0 Å². The van der Waals surface area contributed by atoms with Crippen LogP contribution >= 0.6 is 21.6 Å². The molecule has 0 heterocycles. The molecule has 2 atom stereocenters. The molecule has 0 fully saturated rings. The van der Waals surface area contributed by atoms with Crippen molar-refractivity contribution in [1.82, 2.24) is 0 Å². The maximum Gasteiger partial charge on any atom is 0.324 e. The van der Waals surface area contributed by atoms with Crippen LogP contribution in [0.1, 0.15) is 6.92 Å². The minimum atomic E-state index is -1.30. The monoisotopic (exact) mass is 254 g/mol. The molecule has 0 aliphatic heterocycles. The molecule has 0 amide bonds. The Hall–Kier alpha value is -0.440. The van der Waals surface area contributed by atoms with E-state index in [1.807, 2.05) is 0 Å². The molecule has 0 aromatic rings. The third-order valence-corrected chi connectivity index (χ3v) is 4.14. The second kappa shape index (κ2) is 6.21. The van der Waals surface area contributed by atoms with Gasteiger partial charge in [-0.1, -0.05) is 21.6 Å². The molecule has 0 bridgehead atoms. The van der Waals surface area contributed by atoms with Gasteiger partial charge in [-0.2, -0.15) is 0 Å². The molecule has 0 aliphatic carbocycles. The number of hydrogen-bond donors (Lipinski definition) is 4. The average molecular weight is 254 g/mol. The lowest BCUT2D eigenvalue weighted by molar-refractivity contribution is -0.141. The fraction of sp³-hybridized carbons (Fsp3) is 0.714. The summed E-state index contributed by atoms with van der Waals surface area (Å²) in [5, 5.41) is 17.1. The third-order valence-electron chi connectivity index (χ3n) is 1.50. The van der Waals surface area contributed by atoms with Gasteiger partial charge in [-0.25, -0.2) is 0 Å². The van der Waals surface area contributed by atoms with Gasteiger partial charge in [-0.3, -0.25) is 9.59 Å². The summed E-state index contributed by atoms with van der Waals surface area (Å²) in [4.78, 5) is 20.9. The van der Waals surface area contributed by atoms with E-state index >= 15 is 0 Å². The van der Waals surface area contributed by atoms with Crippen molar-refractivity contribution in [3.63, 3.8) is 0 Å². The number of carboxylic acid groups (broad SMARTS) is 2. The standard InChI is InChI=1S/C7H14N2O4S2/c1-7(9,6(12)13)3-15-14-2-4(8)5(10)11/h4H,2-3,8-9H2,1H3,(H,10,11)(H,12,13)/t4?,7-/m0/s1. The van der Waals surface area contributed by atoms with Gasteiger partial charge in [0.1, 0.15) is 11.6 Å². The van der Waals surface area contributed by atoms with Crippen molar-refractivity contribution in [2.45, 2.75) is 18.5 Å². The molecular weight excluding hydrogens is 240 g/mol. The predicted molar refractivity (Wildman–Crippen MR) is 60.8 cm³/mol. The number of carbonyl (C=O) groups is 2. The van der Waals surface area contributed by atoms with Crippen molar-refractivity contribution in [2.75, 3.05) is 11.5 Å². The molecule has 8 heteroatoms. The van der Waals surface area contributed by atoms with Gasteiger partial charge in [0.15, 0.2) is 0 Å². The van der Waals surface area contributed by atoms with Gasteiger partial charge in [0.25, 0.3) is 0 Å². The molecule has 0 aromatic carbocycles. The normalized spacial score (nSPS) is 16.7. The van der Waals surface area contributed by atoms with Gasteiger partial charge in [0.05, 0.1) is 0 Å². The summed E-state index contributed by atoms with van der Waals surface area (Å²) in [5.74, 6) is -1.75. The summed E-state index contributed by atoms with van der Waals surface area (Å²) in [6.45, 7) is 1.40. The van der Waals surface area contributed by atoms with Gasteiger partial charge in [-0.05, 0) is 6.92 Å². The Morgan fingerprint density at radius 2 is 1.93 bits per heavy atom. The van der Waals surface area contributed by atoms with E-state index in [4.69, 9.17) is 21.7 Å². The maximum atomic E-state index is 10.6. The summed E-state index contributed by atoms with van der Waals surface area (Å²) in [6.07, 6.45) is 0. The van der Waals surface area contributed by atoms with Gasteiger partial charge in [-0.15, -0.1) is 0 Å². The van der Waals surface area contributed by atoms with Gasteiger partial charge >= 0.3 is 11.9 Å². The van der Waals surface area contributed by atoms with Crippen LogP contribution < -0.4 is 11.5 Å². The van der Waals surface area contributed by atoms with Crippen LogP contribution in [0.15, 0.2) is 0 Å². The number of rotatable bonds is 7. The Morgan fingerprint density at radius 3 is 2.33 bits per heavy atom. The van der Waals surface area contributed by atoms with Crippen LogP contribution in [0.5, 0.6) is 0 Å². The lowest BCUT2D eigenvalue weighted by Crippen LogP contribution is -2.47. The Kier molecular flexibility index (Phi) is 6.03. The second-order valence-corrected chi connectivity index (χ2v) is 5.72. The molecule has 0 aromatic heterocycles. The molecule has 88 valence electrons. The molecule has 0 aliphatic rings. The zero-order valence-electron chi connectivity index (χ0n) is 8.17. The van der Waals surface area contributed by atoms with E-state index in [-0.39, 0.29) is 11.5 Å². The maximum absolute atomic E-state index is 10.6. The zero-order chi connectivity index (χ0) is 12.1. The molecule has 0 radical (unpaired) electrons. The van der Waals surface area contributed by atoms with Gasteiger partial charge < -0.3 is 21.7 Å². The van der Waals surface area contributed by atoms with Crippen LogP contribution in [-0.2, 0) is 9.59 Å². The Bertz CT molecular complexity index is 247. The number of hydrogen-bond acceptors (Lipinski definition) is 6. The van der Waals surface area contributed by atoms with E-state index in [9.17, 15) is 9.59 Å². The van der Waals surface area contributed by atoms with Crippen molar-refractivity contribution < 1.29 is 19.8 Å². The van der Waals surface area contributed by atoms with Crippen molar-refractivity contribution in [3.05, 3.63) is 0 Å². The summed E-state index contributed by atoms with van der Waals surface area (Å²) in [5.41, 5.74) is 9.40. The third kappa shape index (κ3) is 5.88. The quantitative estimate of drug-likeness (QED) is 0.356. The molecule has 0 spiro atoms.